The summed E-state index contributed by atoms with van der Waals surface area (Å²) in [6, 6.07) is 0. The van der Waals surface area contributed by atoms with Gasteiger partial charge in [0, 0.05) is 4.88 Å². The Balaban J connectivity index is 2.30. The van der Waals surface area contributed by atoms with E-state index in [0.29, 0.717) is 17.4 Å². The number of hydrogen-bond donors (Lipinski definition) is 1. The number of hydrogen-bond acceptors (Lipinski definition) is 4. The summed E-state index contributed by atoms with van der Waals surface area (Å²) in [5.74, 6) is -0.550. The highest BCUT2D eigenvalue weighted by atomic mass is 35.5. The van der Waals surface area contributed by atoms with Crippen molar-refractivity contribution in [3.05, 3.63) is 21.4 Å². The fraction of sp³-hybridized carbons (Fsp3) is 0.364. The molecule has 0 bridgehead atoms. The molecule has 0 fully saturated rings. The van der Waals surface area contributed by atoms with Gasteiger partial charge < -0.3 is 5.11 Å². The van der Waals surface area contributed by atoms with E-state index in [1.165, 1.54) is 11.3 Å². The van der Waals surface area contributed by atoms with Gasteiger partial charge >= 0.3 is 5.97 Å². The van der Waals surface area contributed by atoms with Crippen molar-refractivity contribution < 1.29 is 9.90 Å². The number of carboxylic acid groups (broad SMARTS) is 1. The first-order valence-electron chi connectivity index (χ1n) is 5.26. The molecule has 2 heterocycles. The number of halogens is 1. The molecule has 0 saturated heterocycles. The predicted octanol–water partition coefficient (Wildman–Crippen LogP) is 2.77. The largest absolute Gasteiger partial charge is 0.481 e. The van der Waals surface area contributed by atoms with Crippen LogP contribution in [0.3, 0.4) is 0 Å². The van der Waals surface area contributed by atoms with Gasteiger partial charge in [-0.15, -0.1) is 11.3 Å². The van der Waals surface area contributed by atoms with Gasteiger partial charge in [0.25, 0.3) is 0 Å². The molecular weight excluding hydrogens is 260 g/mol. The molecule has 6 heteroatoms. The van der Waals surface area contributed by atoms with Crippen LogP contribution in [0.4, 0.5) is 0 Å². The Morgan fingerprint density at radius 1 is 1.53 bits per heavy atom. The Hall–Kier alpha value is -1.20. The first-order chi connectivity index (χ1) is 8.08. The van der Waals surface area contributed by atoms with Crippen molar-refractivity contribution in [2.75, 3.05) is 0 Å². The molecule has 0 saturated carbocycles. The van der Waals surface area contributed by atoms with Gasteiger partial charge in [-0.05, 0) is 25.3 Å². The third kappa shape index (κ3) is 1.53. The fourth-order valence-electron chi connectivity index (χ4n) is 2.32. The lowest BCUT2D eigenvalue weighted by atomic mass is 10.1. The van der Waals surface area contributed by atoms with E-state index in [2.05, 4.69) is 9.97 Å². The topological polar surface area (TPSA) is 63.1 Å². The van der Waals surface area contributed by atoms with Gasteiger partial charge in [0.2, 0.25) is 0 Å². The number of nitrogens with zero attached hydrogens (tertiary/aromatic N) is 2. The Bertz CT molecular complexity index is 638. The molecule has 1 aliphatic rings. The zero-order valence-corrected chi connectivity index (χ0v) is 10.6. The molecule has 0 amide bonds. The summed E-state index contributed by atoms with van der Waals surface area (Å²) in [6.45, 7) is 1.78. The smallest absolute Gasteiger partial charge is 0.311 e. The number of aromatic nitrogens is 2. The van der Waals surface area contributed by atoms with E-state index in [9.17, 15) is 4.79 Å². The van der Waals surface area contributed by atoms with E-state index < -0.39 is 11.9 Å². The maximum atomic E-state index is 11.1. The molecule has 2 aromatic heterocycles. The molecule has 0 aromatic carbocycles. The molecule has 17 heavy (non-hydrogen) atoms. The van der Waals surface area contributed by atoms with Crippen LogP contribution < -0.4 is 0 Å². The number of aryl methyl sites for hydroxylation is 2. The number of fused-ring (bicyclic) bond motifs is 3. The number of carbonyl (C=O) groups is 1. The zero-order chi connectivity index (χ0) is 12.2. The van der Waals surface area contributed by atoms with Crippen molar-refractivity contribution in [1.82, 2.24) is 9.97 Å². The van der Waals surface area contributed by atoms with Crippen molar-refractivity contribution in [1.29, 1.82) is 0 Å². The van der Waals surface area contributed by atoms with Crippen LogP contribution in [-0.4, -0.2) is 21.0 Å². The van der Waals surface area contributed by atoms with Gasteiger partial charge in [-0.25, -0.2) is 9.97 Å². The van der Waals surface area contributed by atoms with Crippen LogP contribution in [0.1, 0.15) is 28.6 Å². The molecule has 1 unspecified atom stereocenters. The molecule has 1 atom stereocenters. The Kier molecular flexibility index (Phi) is 2.34. The minimum atomic E-state index is -0.767. The average Bonchev–Trinajstić information content (AvgIpc) is 2.73. The number of aliphatic carboxylic acids is 1. The SMILES string of the molecule is Cc1nc(Cl)c2c3c(sc2n1)C(C(=O)O)CC3. The van der Waals surface area contributed by atoms with Crippen molar-refractivity contribution in [2.24, 2.45) is 0 Å². The third-order valence-electron chi connectivity index (χ3n) is 3.05. The minimum absolute atomic E-state index is 0.402. The van der Waals surface area contributed by atoms with Gasteiger partial charge in [0.1, 0.15) is 15.8 Å². The molecule has 4 nitrogen and oxygen atoms in total. The van der Waals surface area contributed by atoms with E-state index >= 15 is 0 Å². The lowest BCUT2D eigenvalue weighted by molar-refractivity contribution is -0.138. The maximum absolute atomic E-state index is 11.1. The van der Waals surface area contributed by atoms with Crippen molar-refractivity contribution in [2.45, 2.75) is 25.7 Å². The van der Waals surface area contributed by atoms with E-state index in [4.69, 9.17) is 16.7 Å². The third-order valence-corrected chi connectivity index (χ3v) is 4.56. The maximum Gasteiger partial charge on any atom is 0.311 e. The average molecular weight is 269 g/mol. The van der Waals surface area contributed by atoms with Crippen LogP contribution in [0.15, 0.2) is 0 Å². The van der Waals surface area contributed by atoms with E-state index in [0.717, 1.165) is 27.1 Å². The van der Waals surface area contributed by atoms with Crippen molar-refractivity contribution in [3.63, 3.8) is 0 Å². The second-order valence-corrected chi connectivity index (χ2v) is 5.50. The summed E-state index contributed by atoms with van der Waals surface area (Å²) < 4.78 is 0. The fourth-order valence-corrected chi connectivity index (χ4v) is 4.09. The summed E-state index contributed by atoms with van der Waals surface area (Å²) in [5.41, 5.74) is 1.03. The number of carboxylic acids is 1. The quantitative estimate of drug-likeness (QED) is 0.808. The highest BCUT2D eigenvalue weighted by molar-refractivity contribution is 7.19. The summed E-state index contributed by atoms with van der Waals surface area (Å²) >= 11 is 7.56. The van der Waals surface area contributed by atoms with Gasteiger partial charge in [0.05, 0.1) is 11.3 Å². The van der Waals surface area contributed by atoms with Crippen LogP contribution in [0, 0.1) is 6.92 Å². The number of rotatable bonds is 1. The first kappa shape index (κ1) is 10.9. The van der Waals surface area contributed by atoms with Crippen LogP contribution in [0.25, 0.3) is 10.2 Å². The Morgan fingerprint density at radius 2 is 2.29 bits per heavy atom. The highest BCUT2D eigenvalue weighted by Crippen LogP contribution is 2.44. The normalized spacial score (nSPS) is 18.6. The van der Waals surface area contributed by atoms with Gasteiger partial charge in [0.15, 0.2) is 0 Å². The second kappa shape index (κ2) is 3.65. The Morgan fingerprint density at radius 3 is 3.00 bits per heavy atom. The summed E-state index contributed by atoms with van der Waals surface area (Å²) in [5, 5.41) is 10.4. The second-order valence-electron chi connectivity index (χ2n) is 4.12. The van der Waals surface area contributed by atoms with Crippen LogP contribution in [-0.2, 0) is 11.2 Å². The molecule has 0 spiro atoms. The van der Waals surface area contributed by atoms with Crippen LogP contribution in [0.5, 0.6) is 0 Å². The molecule has 3 rings (SSSR count). The van der Waals surface area contributed by atoms with Gasteiger partial charge in [-0.1, -0.05) is 11.6 Å². The lowest BCUT2D eigenvalue weighted by Gasteiger charge is -2.00. The van der Waals surface area contributed by atoms with Crippen LogP contribution in [0.2, 0.25) is 5.15 Å². The van der Waals surface area contributed by atoms with Gasteiger partial charge in [-0.3, -0.25) is 4.79 Å². The molecule has 0 aliphatic heterocycles. The standard InChI is InChI=1S/C11H9ClN2O2S/c1-4-13-9(12)7-5-2-3-6(11(15)16)8(5)17-10(7)14-4/h6H,2-3H2,1H3,(H,15,16). The zero-order valence-electron chi connectivity index (χ0n) is 9.03. The van der Waals surface area contributed by atoms with Gasteiger partial charge in [-0.2, -0.15) is 0 Å². The summed E-state index contributed by atoms with van der Waals surface area (Å²) in [4.78, 5) is 21.3. The monoisotopic (exact) mass is 268 g/mol. The van der Waals surface area contributed by atoms with E-state index in [1.54, 1.807) is 6.92 Å². The predicted molar refractivity (Wildman–Crippen MR) is 65.9 cm³/mol. The molecule has 1 N–H and O–H groups in total. The molecule has 1 aliphatic carbocycles. The number of thiophene rings is 1. The molecule has 0 radical (unpaired) electrons. The van der Waals surface area contributed by atoms with E-state index in [1.807, 2.05) is 0 Å². The summed E-state index contributed by atoms with van der Waals surface area (Å²) in [6.07, 6.45) is 1.40. The minimum Gasteiger partial charge on any atom is -0.481 e. The molecule has 2 aromatic rings. The van der Waals surface area contributed by atoms with Crippen molar-refractivity contribution >= 4 is 39.1 Å². The van der Waals surface area contributed by atoms with E-state index in [-0.39, 0.29) is 0 Å². The van der Waals surface area contributed by atoms with Crippen molar-refractivity contribution in [3.8, 4) is 0 Å². The molecular formula is C11H9ClN2O2S. The lowest BCUT2D eigenvalue weighted by Crippen LogP contribution is -2.06. The van der Waals surface area contributed by atoms with Crippen LogP contribution >= 0.6 is 22.9 Å². The highest BCUT2D eigenvalue weighted by Gasteiger charge is 2.33. The summed E-state index contributed by atoms with van der Waals surface area (Å²) in [7, 11) is 0. The molecule has 88 valence electrons. The Labute approximate surface area is 106 Å². The first-order valence-corrected chi connectivity index (χ1v) is 6.45.